The number of aromatic nitrogens is 6. The zero-order valence-electron chi connectivity index (χ0n) is 19.0. The fourth-order valence-corrected chi connectivity index (χ4v) is 4.12. The summed E-state index contributed by atoms with van der Waals surface area (Å²) in [7, 11) is 0. The summed E-state index contributed by atoms with van der Waals surface area (Å²) in [6.07, 6.45) is 0. The minimum absolute atomic E-state index is 0.194. The van der Waals surface area contributed by atoms with Crippen molar-refractivity contribution in [1.29, 1.82) is 0 Å². The normalized spacial score (nSPS) is 11.2. The number of aromatic hydroxyl groups is 1. The molecule has 2 aromatic heterocycles. The molecule has 9 heteroatoms. The van der Waals surface area contributed by atoms with E-state index in [1.807, 2.05) is 55.5 Å². The number of rotatable bonds is 5. The van der Waals surface area contributed by atoms with Crippen molar-refractivity contribution in [2.24, 2.45) is 0 Å². The lowest BCUT2D eigenvalue weighted by molar-refractivity contribution is 0.449. The smallest absolute Gasteiger partial charge is 0.300 e. The van der Waals surface area contributed by atoms with E-state index in [1.54, 1.807) is 24.3 Å². The van der Waals surface area contributed by atoms with Crippen molar-refractivity contribution in [1.82, 2.24) is 30.6 Å². The molecule has 0 amide bonds. The number of tetrazole rings is 1. The number of halogens is 1. The molecule has 0 spiro atoms. The molecule has 0 radical (unpaired) electrons. The van der Waals surface area contributed by atoms with Crippen molar-refractivity contribution in [3.63, 3.8) is 0 Å². The summed E-state index contributed by atoms with van der Waals surface area (Å²) >= 11 is 0. The van der Waals surface area contributed by atoms with Crippen LogP contribution in [0.1, 0.15) is 5.56 Å². The van der Waals surface area contributed by atoms with Gasteiger partial charge in [-0.05, 0) is 53.1 Å². The van der Waals surface area contributed by atoms with Crippen LogP contribution in [0.15, 0.2) is 78.9 Å². The van der Waals surface area contributed by atoms with E-state index in [4.69, 9.17) is 4.74 Å². The molecule has 0 saturated heterocycles. The average molecular weight is 478 g/mol. The molecule has 0 fully saturated rings. The summed E-state index contributed by atoms with van der Waals surface area (Å²) in [5.41, 5.74) is 5.49. The minimum atomic E-state index is -0.386. The summed E-state index contributed by atoms with van der Waals surface area (Å²) in [6.45, 7) is 1.94. The second-order valence-corrected chi connectivity index (χ2v) is 8.30. The molecular weight excluding hydrogens is 459 g/mol. The van der Waals surface area contributed by atoms with Gasteiger partial charge < -0.3 is 14.8 Å². The molecule has 36 heavy (non-hydrogen) atoms. The van der Waals surface area contributed by atoms with Gasteiger partial charge in [-0.25, -0.2) is 4.39 Å². The number of aryl methyl sites for hydroxylation is 1. The van der Waals surface area contributed by atoms with Crippen molar-refractivity contribution in [3.8, 4) is 51.2 Å². The highest BCUT2D eigenvalue weighted by atomic mass is 19.1. The molecule has 6 aromatic rings. The quantitative estimate of drug-likeness (QED) is 0.279. The van der Waals surface area contributed by atoms with Crippen molar-refractivity contribution in [3.05, 3.63) is 90.2 Å². The number of para-hydroxylation sites is 1. The third-order valence-corrected chi connectivity index (χ3v) is 5.97. The molecule has 0 unspecified atom stereocenters. The first kappa shape index (κ1) is 21.5. The first-order valence-corrected chi connectivity index (χ1v) is 11.2. The van der Waals surface area contributed by atoms with E-state index >= 15 is 4.39 Å². The molecule has 176 valence electrons. The van der Waals surface area contributed by atoms with Gasteiger partial charge in [-0.1, -0.05) is 48.5 Å². The Morgan fingerprint density at radius 2 is 1.64 bits per heavy atom. The first-order chi connectivity index (χ1) is 17.5. The van der Waals surface area contributed by atoms with Gasteiger partial charge in [0.2, 0.25) is 5.82 Å². The topological polar surface area (TPSA) is 113 Å². The number of imidazole rings is 1. The number of benzene rings is 4. The van der Waals surface area contributed by atoms with E-state index in [9.17, 15) is 5.11 Å². The number of H-pyrrole nitrogens is 2. The number of ether oxygens (including phenoxy) is 1. The Hall–Kier alpha value is -5.05. The monoisotopic (exact) mass is 478 g/mol. The fourth-order valence-electron chi connectivity index (χ4n) is 4.12. The Kier molecular flexibility index (Phi) is 5.15. The van der Waals surface area contributed by atoms with Gasteiger partial charge in [0.25, 0.3) is 6.01 Å². The Labute approximate surface area is 204 Å². The lowest BCUT2D eigenvalue weighted by atomic mass is 9.99. The zero-order chi connectivity index (χ0) is 24.6. The maximum absolute atomic E-state index is 15.0. The van der Waals surface area contributed by atoms with Crippen molar-refractivity contribution < 1.29 is 14.2 Å². The van der Waals surface area contributed by atoms with Gasteiger partial charge in [0, 0.05) is 22.8 Å². The van der Waals surface area contributed by atoms with Crippen LogP contribution < -0.4 is 4.74 Å². The predicted molar refractivity (Wildman–Crippen MR) is 133 cm³/mol. The van der Waals surface area contributed by atoms with Crippen LogP contribution in [0.25, 0.3) is 44.7 Å². The van der Waals surface area contributed by atoms with E-state index in [2.05, 4.69) is 30.6 Å². The first-order valence-electron chi connectivity index (χ1n) is 11.2. The molecule has 0 saturated carbocycles. The Balaban J connectivity index is 1.30. The highest BCUT2D eigenvalue weighted by Gasteiger charge is 2.14. The summed E-state index contributed by atoms with van der Waals surface area (Å²) < 4.78 is 21.0. The van der Waals surface area contributed by atoms with Crippen LogP contribution in [0.2, 0.25) is 0 Å². The SMILES string of the molecule is Cc1ccc(Oc2nc3cc(-c4ccc(-c5ccccc5O)cc4)c(F)cc3[nH]2)cc1-c1nn[nH]n1. The minimum Gasteiger partial charge on any atom is -0.507 e. The molecule has 0 aliphatic rings. The van der Waals surface area contributed by atoms with Crippen LogP contribution in [0, 0.1) is 12.7 Å². The molecule has 3 N–H and O–H groups in total. The molecule has 8 nitrogen and oxygen atoms in total. The van der Waals surface area contributed by atoms with Crippen LogP contribution in [0.3, 0.4) is 0 Å². The summed E-state index contributed by atoms with van der Waals surface area (Å²) in [4.78, 5) is 7.52. The summed E-state index contributed by atoms with van der Waals surface area (Å²) in [5, 5.41) is 24.2. The lowest BCUT2D eigenvalue weighted by Crippen LogP contribution is -1.90. The van der Waals surface area contributed by atoms with Gasteiger partial charge in [0.15, 0.2) is 0 Å². The maximum Gasteiger partial charge on any atom is 0.300 e. The number of fused-ring (bicyclic) bond motifs is 1. The van der Waals surface area contributed by atoms with Gasteiger partial charge >= 0.3 is 0 Å². The number of hydrogen-bond acceptors (Lipinski definition) is 6. The van der Waals surface area contributed by atoms with E-state index in [0.29, 0.717) is 39.3 Å². The van der Waals surface area contributed by atoms with Gasteiger partial charge in [0.1, 0.15) is 17.3 Å². The Bertz CT molecular complexity index is 1690. The van der Waals surface area contributed by atoms with Gasteiger partial charge in [-0.2, -0.15) is 10.2 Å². The number of aromatic amines is 2. The molecule has 2 heterocycles. The number of hydrogen-bond donors (Lipinski definition) is 3. The third-order valence-electron chi connectivity index (χ3n) is 5.97. The van der Waals surface area contributed by atoms with Crippen LogP contribution >= 0.6 is 0 Å². The predicted octanol–water partition coefficient (Wildman–Crippen LogP) is 6.02. The van der Waals surface area contributed by atoms with Crippen LogP contribution in [-0.4, -0.2) is 35.7 Å². The highest BCUT2D eigenvalue weighted by molar-refractivity contribution is 5.83. The largest absolute Gasteiger partial charge is 0.507 e. The molecule has 0 aliphatic carbocycles. The zero-order valence-corrected chi connectivity index (χ0v) is 19.0. The van der Waals surface area contributed by atoms with Gasteiger partial charge in [-0.15, -0.1) is 10.2 Å². The fraction of sp³-hybridized carbons (Fsp3) is 0.0370. The Morgan fingerprint density at radius 3 is 2.39 bits per heavy atom. The second kappa shape index (κ2) is 8.62. The van der Waals surface area contributed by atoms with Gasteiger partial charge in [0.05, 0.1) is 11.0 Å². The van der Waals surface area contributed by atoms with Crippen molar-refractivity contribution in [2.75, 3.05) is 0 Å². The van der Waals surface area contributed by atoms with Crippen molar-refractivity contribution >= 4 is 11.0 Å². The molecule has 4 aromatic carbocycles. The third kappa shape index (κ3) is 3.92. The number of nitrogens with one attached hydrogen (secondary N) is 2. The molecule has 0 atom stereocenters. The van der Waals surface area contributed by atoms with Crippen LogP contribution in [0.4, 0.5) is 4.39 Å². The van der Waals surface area contributed by atoms with Gasteiger partial charge in [-0.3, -0.25) is 0 Å². The summed E-state index contributed by atoms with van der Waals surface area (Å²) in [6, 6.07) is 23.3. The van der Waals surface area contributed by atoms with E-state index in [-0.39, 0.29) is 17.6 Å². The number of nitrogens with zero attached hydrogens (tertiary/aromatic N) is 4. The molecular formula is C27H19FN6O2. The second-order valence-electron chi connectivity index (χ2n) is 8.30. The average Bonchev–Trinajstić information content (AvgIpc) is 3.55. The van der Waals surface area contributed by atoms with Crippen LogP contribution in [0.5, 0.6) is 17.5 Å². The maximum atomic E-state index is 15.0. The number of phenols is 1. The molecule has 0 aliphatic heterocycles. The van der Waals surface area contributed by atoms with E-state index in [1.165, 1.54) is 6.07 Å². The molecule has 6 rings (SSSR count). The Morgan fingerprint density at radius 1 is 0.861 bits per heavy atom. The van der Waals surface area contributed by atoms with Crippen LogP contribution in [-0.2, 0) is 0 Å². The number of phenolic OH excluding ortho intramolecular Hbond substituents is 1. The molecule has 0 bridgehead atoms. The van der Waals surface area contributed by atoms with E-state index < -0.39 is 0 Å². The summed E-state index contributed by atoms with van der Waals surface area (Å²) in [5.74, 6) is 0.797. The standard InChI is InChI=1S/C27H19FN6O2/c1-15-6-11-18(12-20(15)26-31-33-34-32-26)36-27-29-23-13-21(22(28)14-24(23)30-27)17-9-7-16(8-10-17)19-4-2-3-5-25(19)35/h2-14,35H,1H3,(H,29,30)(H,31,32,33,34). The lowest BCUT2D eigenvalue weighted by Gasteiger charge is -2.07. The highest BCUT2D eigenvalue weighted by Crippen LogP contribution is 2.33. The van der Waals surface area contributed by atoms with Crippen molar-refractivity contribution in [2.45, 2.75) is 6.92 Å². The van der Waals surface area contributed by atoms with E-state index in [0.717, 1.165) is 16.7 Å².